The molecular formula is C7H8Cl2N2O. The highest BCUT2D eigenvalue weighted by Crippen LogP contribution is 2.10. The van der Waals surface area contributed by atoms with E-state index in [2.05, 4.69) is 4.98 Å². The van der Waals surface area contributed by atoms with Crippen LogP contribution in [-0.2, 0) is 0 Å². The van der Waals surface area contributed by atoms with Crippen LogP contribution in [0.2, 0.25) is 5.15 Å². The summed E-state index contributed by atoms with van der Waals surface area (Å²) in [5, 5.41) is 0.211. The number of halogens is 2. The van der Waals surface area contributed by atoms with Crippen LogP contribution in [0.4, 0.5) is 0 Å². The molecule has 66 valence electrons. The zero-order valence-corrected chi connectivity index (χ0v) is 7.73. The summed E-state index contributed by atoms with van der Waals surface area (Å²) in [5.41, 5.74) is 5.52. The Hall–Kier alpha value is -0.640. The van der Waals surface area contributed by atoms with Gasteiger partial charge in [-0.25, -0.2) is 4.98 Å². The lowest BCUT2D eigenvalue weighted by Gasteiger charge is -1.97. The SMILES string of the molecule is Cl.NCC(=O)c1cccnc1Cl. The molecule has 0 unspecified atom stereocenters. The van der Waals surface area contributed by atoms with Crippen LogP contribution in [0.5, 0.6) is 0 Å². The molecule has 12 heavy (non-hydrogen) atoms. The molecule has 0 saturated heterocycles. The zero-order valence-electron chi connectivity index (χ0n) is 6.16. The molecule has 0 radical (unpaired) electrons. The van der Waals surface area contributed by atoms with Crippen molar-refractivity contribution in [2.24, 2.45) is 5.73 Å². The Morgan fingerprint density at radius 1 is 1.67 bits per heavy atom. The van der Waals surface area contributed by atoms with Crippen molar-refractivity contribution in [2.75, 3.05) is 6.54 Å². The lowest BCUT2D eigenvalue weighted by atomic mass is 10.2. The maximum absolute atomic E-state index is 11.0. The average molecular weight is 207 g/mol. The molecule has 1 aromatic heterocycles. The second kappa shape index (κ2) is 5.09. The summed E-state index contributed by atoms with van der Waals surface area (Å²) in [7, 11) is 0. The minimum Gasteiger partial charge on any atom is -0.324 e. The first kappa shape index (κ1) is 11.4. The van der Waals surface area contributed by atoms with E-state index in [1.165, 1.54) is 6.20 Å². The number of aromatic nitrogens is 1. The van der Waals surface area contributed by atoms with Gasteiger partial charge >= 0.3 is 0 Å². The van der Waals surface area contributed by atoms with E-state index in [9.17, 15) is 4.79 Å². The summed E-state index contributed by atoms with van der Waals surface area (Å²) in [5.74, 6) is -0.192. The Morgan fingerprint density at radius 3 is 2.83 bits per heavy atom. The molecule has 2 N–H and O–H groups in total. The molecule has 0 atom stereocenters. The van der Waals surface area contributed by atoms with E-state index in [0.717, 1.165) is 0 Å². The van der Waals surface area contributed by atoms with Gasteiger partial charge in [-0.2, -0.15) is 0 Å². The largest absolute Gasteiger partial charge is 0.324 e. The zero-order chi connectivity index (χ0) is 8.27. The fraction of sp³-hybridized carbons (Fsp3) is 0.143. The molecule has 5 heteroatoms. The number of rotatable bonds is 2. The van der Waals surface area contributed by atoms with E-state index in [0.29, 0.717) is 5.56 Å². The van der Waals surface area contributed by atoms with Gasteiger partial charge in [-0.05, 0) is 12.1 Å². The van der Waals surface area contributed by atoms with Crippen LogP contribution in [0.3, 0.4) is 0 Å². The molecule has 0 aliphatic heterocycles. The van der Waals surface area contributed by atoms with Crippen LogP contribution in [-0.4, -0.2) is 17.3 Å². The third-order valence-electron chi connectivity index (χ3n) is 1.24. The first-order valence-electron chi connectivity index (χ1n) is 3.09. The van der Waals surface area contributed by atoms with Gasteiger partial charge in [0.2, 0.25) is 0 Å². The molecule has 0 spiro atoms. The molecule has 0 saturated carbocycles. The van der Waals surface area contributed by atoms with Gasteiger partial charge in [-0.15, -0.1) is 12.4 Å². The van der Waals surface area contributed by atoms with Crippen LogP contribution in [0.15, 0.2) is 18.3 Å². The van der Waals surface area contributed by atoms with E-state index in [-0.39, 0.29) is 29.9 Å². The van der Waals surface area contributed by atoms with Gasteiger partial charge < -0.3 is 5.73 Å². The minimum atomic E-state index is -0.192. The Balaban J connectivity index is 0.00000121. The molecule has 0 amide bonds. The second-order valence-electron chi connectivity index (χ2n) is 1.97. The van der Waals surface area contributed by atoms with Gasteiger partial charge in [0.25, 0.3) is 0 Å². The number of ketones is 1. The summed E-state index contributed by atoms with van der Waals surface area (Å²) in [6.45, 7) is -0.0363. The lowest BCUT2D eigenvalue weighted by molar-refractivity contribution is 0.100. The van der Waals surface area contributed by atoms with Crippen LogP contribution < -0.4 is 5.73 Å². The summed E-state index contributed by atoms with van der Waals surface area (Å²) in [6.07, 6.45) is 1.52. The summed E-state index contributed by atoms with van der Waals surface area (Å²) < 4.78 is 0. The molecule has 1 heterocycles. The molecule has 0 fully saturated rings. The third-order valence-corrected chi connectivity index (χ3v) is 1.55. The van der Waals surface area contributed by atoms with Crippen LogP contribution in [0.1, 0.15) is 10.4 Å². The van der Waals surface area contributed by atoms with Gasteiger partial charge in [0.1, 0.15) is 5.15 Å². The van der Waals surface area contributed by atoms with Crippen molar-refractivity contribution in [1.82, 2.24) is 4.98 Å². The Kier molecular flexibility index (Phi) is 4.81. The number of hydrogen-bond donors (Lipinski definition) is 1. The van der Waals surface area contributed by atoms with E-state index in [1.54, 1.807) is 12.1 Å². The maximum Gasteiger partial charge on any atom is 0.179 e. The molecule has 1 aromatic rings. The number of carbonyl (C=O) groups is 1. The number of carbonyl (C=O) groups excluding carboxylic acids is 1. The topological polar surface area (TPSA) is 56.0 Å². The minimum absolute atomic E-state index is 0. The predicted molar refractivity (Wildman–Crippen MR) is 49.9 cm³/mol. The Labute approximate surface area is 81.3 Å². The lowest BCUT2D eigenvalue weighted by Crippen LogP contribution is -2.14. The number of nitrogens with zero attached hydrogens (tertiary/aromatic N) is 1. The van der Waals surface area contributed by atoms with E-state index < -0.39 is 0 Å². The van der Waals surface area contributed by atoms with Crippen molar-refractivity contribution >= 4 is 29.8 Å². The highest BCUT2D eigenvalue weighted by atomic mass is 35.5. The van der Waals surface area contributed by atoms with Gasteiger partial charge in [0.15, 0.2) is 5.78 Å². The average Bonchev–Trinajstić information content (AvgIpc) is 2.04. The van der Waals surface area contributed by atoms with E-state index in [1.807, 2.05) is 0 Å². The number of hydrogen-bond acceptors (Lipinski definition) is 3. The highest BCUT2D eigenvalue weighted by molar-refractivity contribution is 6.32. The number of pyridine rings is 1. The fourth-order valence-corrected chi connectivity index (χ4v) is 0.929. The van der Waals surface area contributed by atoms with Crippen molar-refractivity contribution in [3.8, 4) is 0 Å². The van der Waals surface area contributed by atoms with Gasteiger partial charge in [0.05, 0.1) is 12.1 Å². The van der Waals surface area contributed by atoms with E-state index >= 15 is 0 Å². The van der Waals surface area contributed by atoms with Crippen LogP contribution >= 0.6 is 24.0 Å². The highest BCUT2D eigenvalue weighted by Gasteiger charge is 2.07. The first-order valence-corrected chi connectivity index (χ1v) is 3.47. The number of Topliss-reactive ketones (excluding diaryl/α,β-unsaturated/α-hetero) is 1. The third kappa shape index (κ3) is 2.44. The van der Waals surface area contributed by atoms with E-state index in [4.69, 9.17) is 17.3 Å². The number of nitrogens with two attached hydrogens (primary N) is 1. The molecular weight excluding hydrogens is 199 g/mol. The summed E-state index contributed by atoms with van der Waals surface area (Å²) >= 11 is 5.61. The maximum atomic E-state index is 11.0. The molecule has 0 aromatic carbocycles. The van der Waals surface area contributed by atoms with Crippen molar-refractivity contribution in [3.05, 3.63) is 29.0 Å². The van der Waals surface area contributed by atoms with Crippen molar-refractivity contribution in [1.29, 1.82) is 0 Å². The smallest absolute Gasteiger partial charge is 0.179 e. The molecule has 3 nitrogen and oxygen atoms in total. The Morgan fingerprint density at radius 2 is 2.33 bits per heavy atom. The summed E-state index contributed by atoms with van der Waals surface area (Å²) in [6, 6.07) is 3.25. The summed E-state index contributed by atoms with van der Waals surface area (Å²) in [4.78, 5) is 14.7. The quantitative estimate of drug-likeness (QED) is 0.587. The predicted octanol–water partition coefficient (Wildman–Crippen LogP) is 1.30. The fourth-order valence-electron chi connectivity index (χ4n) is 0.704. The Bertz CT molecular complexity index is 278. The monoisotopic (exact) mass is 206 g/mol. The van der Waals surface area contributed by atoms with Gasteiger partial charge in [-0.3, -0.25) is 4.79 Å². The van der Waals surface area contributed by atoms with Gasteiger partial charge in [-0.1, -0.05) is 11.6 Å². The van der Waals surface area contributed by atoms with Crippen LogP contribution in [0, 0.1) is 0 Å². The standard InChI is InChI=1S/C7H7ClN2O.ClH/c8-7-5(6(11)4-9)2-1-3-10-7;/h1-3H,4,9H2;1H. The normalized spacial score (nSPS) is 8.83. The van der Waals surface area contributed by atoms with Crippen molar-refractivity contribution in [2.45, 2.75) is 0 Å². The van der Waals surface area contributed by atoms with Crippen molar-refractivity contribution < 1.29 is 4.79 Å². The van der Waals surface area contributed by atoms with Crippen LogP contribution in [0.25, 0.3) is 0 Å². The first-order chi connectivity index (χ1) is 5.25. The molecule has 1 rings (SSSR count). The molecule has 0 aliphatic rings. The second-order valence-corrected chi connectivity index (χ2v) is 2.33. The molecule has 0 bridgehead atoms. The molecule has 0 aliphatic carbocycles. The van der Waals surface area contributed by atoms with Crippen molar-refractivity contribution in [3.63, 3.8) is 0 Å². The van der Waals surface area contributed by atoms with Gasteiger partial charge in [0, 0.05) is 6.20 Å².